The van der Waals surface area contributed by atoms with E-state index in [1.54, 1.807) is 0 Å². The molecule has 51 heavy (non-hydrogen) atoms. The quantitative estimate of drug-likeness (QED) is 0.132. The minimum atomic E-state index is 0.146. The molecule has 0 unspecified atom stereocenters. The molecule has 0 saturated heterocycles. The molecule has 10 rings (SSSR count). The zero-order valence-electron chi connectivity index (χ0n) is 27.5. The summed E-state index contributed by atoms with van der Waals surface area (Å²) in [5.41, 5.74) is 7.86. The van der Waals surface area contributed by atoms with Crippen LogP contribution in [0.1, 0.15) is 0 Å². The van der Waals surface area contributed by atoms with Crippen molar-refractivity contribution >= 4 is 55.3 Å². The summed E-state index contributed by atoms with van der Waals surface area (Å²) in [5, 5.41) is 7.61. The Labute approximate surface area is 301 Å². The van der Waals surface area contributed by atoms with Crippen LogP contribution in [0.15, 0.2) is 176 Å². The van der Waals surface area contributed by atoms with E-state index in [9.17, 15) is 0 Å². The van der Waals surface area contributed by atoms with Gasteiger partial charge >= 0.3 is 267 Å². The number of hydrogen-bond donors (Lipinski definition) is 0. The first-order valence-corrected chi connectivity index (χ1v) is 18.8. The molecule has 0 bridgehead atoms. The van der Waals surface area contributed by atoms with Crippen molar-refractivity contribution in [2.24, 2.45) is 0 Å². The van der Waals surface area contributed by atoms with Crippen LogP contribution < -0.4 is 0 Å². The summed E-state index contributed by atoms with van der Waals surface area (Å²) in [5.74, 6) is 1.99. The van der Waals surface area contributed by atoms with Crippen LogP contribution in [-0.4, -0.2) is 29.5 Å². The van der Waals surface area contributed by atoms with Gasteiger partial charge in [-0.1, -0.05) is 30.3 Å². The van der Waals surface area contributed by atoms with Crippen LogP contribution >= 0.6 is 0 Å². The van der Waals surface area contributed by atoms with E-state index in [-0.39, 0.29) is 14.5 Å². The Bertz CT molecular complexity index is 2880. The van der Waals surface area contributed by atoms with Gasteiger partial charge in [-0.25, -0.2) is 0 Å². The molecule has 238 valence electrons. The normalized spacial score (nSPS) is 11.5. The molecule has 3 nitrogen and oxygen atoms in total. The molecule has 0 atom stereocenters. The van der Waals surface area contributed by atoms with Crippen LogP contribution in [0.5, 0.6) is 0 Å². The summed E-state index contributed by atoms with van der Waals surface area (Å²) in [6.07, 6.45) is 0. The molecule has 10 aromatic rings. The number of benzene rings is 8. The van der Waals surface area contributed by atoms with Gasteiger partial charge in [-0.15, -0.1) is 0 Å². The average molecular weight is 715 g/mol. The maximum absolute atomic E-state index is 5.19. The first-order valence-electron chi connectivity index (χ1n) is 17.1. The first-order chi connectivity index (χ1) is 25.3. The van der Waals surface area contributed by atoms with Gasteiger partial charge in [0.25, 0.3) is 0 Å². The van der Waals surface area contributed by atoms with Gasteiger partial charge in [0.1, 0.15) is 0 Å². The molecule has 0 radical (unpaired) electrons. The summed E-state index contributed by atoms with van der Waals surface area (Å²) in [4.78, 5) is 15.4. The van der Waals surface area contributed by atoms with E-state index in [0.29, 0.717) is 17.5 Å². The molecule has 0 fully saturated rings. The summed E-state index contributed by atoms with van der Waals surface area (Å²) >= 11 is 0.146. The van der Waals surface area contributed by atoms with Crippen molar-refractivity contribution in [1.82, 2.24) is 15.0 Å². The maximum Gasteiger partial charge on any atom is -0.0544 e. The molecule has 0 saturated carbocycles. The standard InChI is InChI=1S/C47H29N3Se/c1-4-13-30(14-5-1)31-23-25-34(26-24-31)46-48-45(33-17-8-3-9-18-33)49-47(50-46)41-29-35-27-28-40-39-22-12-21-36(32-15-6-2-7-16-32)43(39)51-44(40)42(35)38-20-11-10-19-37(38)41/h1-29H. The Morgan fingerprint density at radius 1 is 0.314 bits per heavy atom. The van der Waals surface area contributed by atoms with E-state index in [4.69, 9.17) is 15.0 Å². The molecule has 0 N–H and O–H groups in total. The van der Waals surface area contributed by atoms with Crippen LogP contribution in [0.3, 0.4) is 0 Å². The van der Waals surface area contributed by atoms with E-state index in [0.717, 1.165) is 27.6 Å². The fourth-order valence-corrected chi connectivity index (χ4v) is 10.2. The monoisotopic (exact) mass is 715 g/mol. The second-order valence-corrected chi connectivity index (χ2v) is 14.9. The van der Waals surface area contributed by atoms with Gasteiger partial charge in [0.15, 0.2) is 0 Å². The van der Waals surface area contributed by atoms with Crippen LogP contribution in [0.2, 0.25) is 0 Å². The van der Waals surface area contributed by atoms with Gasteiger partial charge in [-0.3, -0.25) is 0 Å². The predicted octanol–water partition coefficient (Wildman–Crippen LogP) is 11.9. The topological polar surface area (TPSA) is 38.7 Å². The van der Waals surface area contributed by atoms with E-state index in [1.807, 2.05) is 24.3 Å². The van der Waals surface area contributed by atoms with E-state index < -0.39 is 0 Å². The minimum Gasteiger partial charge on any atom is -0.0617 e. The zero-order chi connectivity index (χ0) is 33.7. The molecule has 4 heteroatoms. The van der Waals surface area contributed by atoms with Gasteiger partial charge in [0.05, 0.1) is 0 Å². The molecule has 0 aliphatic heterocycles. The molecule has 0 spiro atoms. The molecular weight excluding hydrogens is 685 g/mol. The van der Waals surface area contributed by atoms with E-state index in [2.05, 4.69) is 152 Å². The maximum atomic E-state index is 5.19. The number of rotatable bonds is 5. The Hall–Kier alpha value is -6.19. The predicted molar refractivity (Wildman–Crippen MR) is 214 cm³/mol. The third-order valence-electron chi connectivity index (χ3n) is 9.73. The van der Waals surface area contributed by atoms with Crippen molar-refractivity contribution in [3.05, 3.63) is 176 Å². The summed E-state index contributed by atoms with van der Waals surface area (Å²) in [6.45, 7) is 0. The average Bonchev–Trinajstić information content (AvgIpc) is 3.60. The van der Waals surface area contributed by atoms with Crippen molar-refractivity contribution < 1.29 is 0 Å². The minimum absolute atomic E-state index is 0.146. The summed E-state index contributed by atoms with van der Waals surface area (Å²) < 4.78 is 2.90. The smallest absolute Gasteiger partial charge is 0.0544 e. The van der Waals surface area contributed by atoms with Crippen molar-refractivity contribution in [2.45, 2.75) is 0 Å². The van der Waals surface area contributed by atoms with E-state index >= 15 is 0 Å². The summed E-state index contributed by atoms with van der Waals surface area (Å²) in [6, 6.07) is 62.4. The largest absolute Gasteiger partial charge is 0.0617 e. The first kappa shape index (κ1) is 29.7. The fourth-order valence-electron chi connectivity index (χ4n) is 7.26. The molecule has 2 heterocycles. The number of nitrogens with zero attached hydrogens (tertiary/aromatic N) is 3. The second kappa shape index (κ2) is 12.3. The van der Waals surface area contributed by atoms with Gasteiger partial charge in [-0.05, 0) is 5.56 Å². The Morgan fingerprint density at radius 2 is 0.824 bits per heavy atom. The van der Waals surface area contributed by atoms with Gasteiger partial charge in [0.2, 0.25) is 0 Å². The molecule has 0 aliphatic rings. The molecular formula is C47H29N3Se. The third-order valence-corrected chi connectivity index (χ3v) is 12.4. The van der Waals surface area contributed by atoms with E-state index in [1.165, 1.54) is 52.1 Å². The van der Waals surface area contributed by atoms with Crippen molar-refractivity contribution in [2.75, 3.05) is 0 Å². The fraction of sp³-hybridized carbons (Fsp3) is 0. The number of aromatic nitrogens is 3. The molecule has 8 aromatic carbocycles. The number of fused-ring (bicyclic) bond motifs is 7. The van der Waals surface area contributed by atoms with Crippen LogP contribution in [-0.2, 0) is 0 Å². The van der Waals surface area contributed by atoms with Gasteiger partial charge < -0.3 is 0 Å². The number of hydrogen-bond acceptors (Lipinski definition) is 3. The molecule has 0 aliphatic carbocycles. The molecule has 2 aromatic heterocycles. The van der Waals surface area contributed by atoms with Crippen LogP contribution in [0.25, 0.3) is 97.3 Å². The Balaban J connectivity index is 1.19. The zero-order valence-corrected chi connectivity index (χ0v) is 29.2. The van der Waals surface area contributed by atoms with Crippen LogP contribution in [0, 0.1) is 0 Å². The van der Waals surface area contributed by atoms with Gasteiger partial charge in [0, 0.05) is 0 Å². The van der Waals surface area contributed by atoms with Crippen molar-refractivity contribution in [3.63, 3.8) is 0 Å². The van der Waals surface area contributed by atoms with Gasteiger partial charge in [-0.2, -0.15) is 0 Å². The van der Waals surface area contributed by atoms with Crippen molar-refractivity contribution in [1.29, 1.82) is 0 Å². The second-order valence-electron chi connectivity index (χ2n) is 12.8. The Morgan fingerprint density at radius 3 is 1.53 bits per heavy atom. The van der Waals surface area contributed by atoms with Crippen molar-refractivity contribution in [3.8, 4) is 56.4 Å². The Kier molecular flexibility index (Phi) is 7.16. The summed E-state index contributed by atoms with van der Waals surface area (Å²) in [7, 11) is 0. The SMILES string of the molecule is c1ccc(-c2ccc(-c3nc(-c4ccccc4)nc(-c4cc5ccc6c7cccc(-c8ccccc8)c7[se]c6c5c5ccccc45)n3)cc2)cc1. The third kappa shape index (κ3) is 5.16. The molecule has 0 amide bonds. The van der Waals surface area contributed by atoms with Crippen LogP contribution in [0.4, 0.5) is 0 Å².